The van der Waals surface area contributed by atoms with Crippen LogP contribution in [0.25, 0.3) is 6.08 Å². The Balaban J connectivity index is 3.11. The van der Waals surface area contributed by atoms with Gasteiger partial charge in [-0.2, -0.15) is 0 Å². The molecule has 18 heavy (non-hydrogen) atoms. The van der Waals surface area contributed by atoms with E-state index in [0.717, 1.165) is 0 Å². The molecular weight excluding hydrogens is 232 g/mol. The maximum atomic E-state index is 11.9. The molecule has 0 bridgehead atoms. The van der Waals surface area contributed by atoms with E-state index in [2.05, 4.69) is 0 Å². The molecule has 1 aromatic carbocycles. The molecule has 0 saturated carbocycles. The van der Waals surface area contributed by atoms with Crippen LogP contribution in [0.5, 0.6) is 0 Å². The number of hydrogen-bond acceptors (Lipinski definition) is 3. The van der Waals surface area contributed by atoms with Crippen LogP contribution in [0.15, 0.2) is 29.8 Å². The van der Waals surface area contributed by atoms with Crippen LogP contribution in [0.2, 0.25) is 0 Å². The molecule has 96 valence electrons. The summed E-state index contributed by atoms with van der Waals surface area (Å²) in [7, 11) is 0. The van der Waals surface area contributed by atoms with E-state index in [1.54, 1.807) is 24.3 Å². The molecule has 0 aliphatic carbocycles. The van der Waals surface area contributed by atoms with Crippen LogP contribution in [-0.4, -0.2) is 27.6 Å². The lowest BCUT2D eigenvalue weighted by Gasteiger charge is -2.15. The lowest BCUT2D eigenvalue weighted by molar-refractivity contribution is -0.132. The Kier molecular flexibility index (Phi) is 4.03. The summed E-state index contributed by atoms with van der Waals surface area (Å²) in [5.74, 6) is -1.40. The number of carboxylic acids is 1. The summed E-state index contributed by atoms with van der Waals surface area (Å²) in [5, 5.41) is 18.4. The van der Waals surface area contributed by atoms with E-state index in [0.29, 0.717) is 11.1 Å². The standard InChI is InChI=1S/C14H16O4/c1-9(13(16)17)7-10-5-4-6-11(8-10)12(15)14(2,3)18/h4-8,18H,1-3H3,(H,16,17). The number of rotatable bonds is 4. The third-order valence-electron chi connectivity index (χ3n) is 2.42. The van der Waals surface area contributed by atoms with Crippen molar-refractivity contribution in [2.75, 3.05) is 0 Å². The number of carboxylic acid groups (broad SMARTS) is 1. The van der Waals surface area contributed by atoms with Crippen LogP contribution < -0.4 is 0 Å². The largest absolute Gasteiger partial charge is 0.478 e. The van der Waals surface area contributed by atoms with Gasteiger partial charge in [0.15, 0.2) is 5.78 Å². The fourth-order valence-corrected chi connectivity index (χ4v) is 1.43. The van der Waals surface area contributed by atoms with Crippen molar-refractivity contribution in [3.63, 3.8) is 0 Å². The van der Waals surface area contributed by atoms with Crippen molar-refractivity contribution in [1.82, 2.24) is 0 Å². The Labute approximate surface area is 106 Å². The van der Waals surface area contributed by atoms with Crippen molar-refractivity contribution in [2.24, 2.45) is 0 Å². The Morgan fingerprint density at radius 2 is 1.89 bits per heavy atom. The first kappa shape index (κ1) is 14.1. The number of carbonyl (C=O) groups is 2. The number of aliphatic hydroxyl groups is 1. The quantitative estimate of drug-likeness (QED) is 0.632. The van der Waals surface area contributed by atoms with E-state index in [4.69, 9.17) is 5.11 Å². The molecule has 0 spiro atoms. The zero-order valence-electron chi connectivity index (χ0n) is 10.6. The van der Waals surface area contributed by atoms with Gasteiger partial charge in [-0.15, -0.1) is 0 Å². The molecule has 0 aliphatic heterocycles. The molecule has 0 aromatic heterocycles. The highest BCUT2D eigenvalue weighted by molar-refractivity contribution is 6.02. The highest BCUT2D eigenvalue weighted by atomic mass is 16.4. The van der Waals surface area contributed by atoms with Gasteiger partial charge in [-0.25, -0.2) is 4.79 Å². The van der Waals surface area contributed by atoms with Crippen LogP contribution >= 0.6 is 0 Å². The molecule has 0 amide bonds. The second-order valence-corrected chi connectivity index (χ2v) is 4.65. The number of benzene rings is 1. The molecule has 1 aromatic rings. The molecule has 0 heterocycles. The van der Waals surface area contributed by atoms with Crippen molar-refractivity contribution in [1.29, 1.82) is 0 Å². The maximum Gasteiger partial charge on any atom is 0.331 e. The zero-order chi connectivity index (χ0) is 13.9. The van der Waals surface area contributed by atoms with E-state index in [1.165, 1.54) is 26.8 Å². The zero-order valence-corrected chi connectivity index (χ0v) is 10.6. The fourth-order valence-electron chi connectivity index (χ4n) is 1.43. The first-order valence-corrected chi connectivity index (χ1v) is 5.50. The predicted molar refractivity (Wildman–Crippen MR) is 68.4 cm³/mol. The molecule has 0 aliphatic rings. The normalized spacial score (nSPS) is 12.3. The molecule has 1 rings (SSSR count). The summed E-state index contributed by atoms with van der Waals surface area (Å²) in [6, 6.07) is 6.51. The van der Waals surface area contributed by atoms with Gasteiger partial charge in [0.05, 0.1) is 0 Å². The minimum Gasteiger partial charge on any atom is -0.478 e. The van der Waals surface area contributed by atoms with Gasteiger partial charge < -0.3 is 10.2 Å². The third kappa shape index (κ3) is 3.53. The third-order valence-corrected chi connectivity index (χ3v) is 2.42. The lowest BCUT2D eigenvalue weighted by Crippen LogP contribution is -2.31. The van der Waals surface area contributed by atoms with Gasteiger partial charge in [-0.05, 0) is 38.5 Å². The molecule has 0 radical (unpaired) electrons. The van der Waals surface area contributed by atoms with Crippen molar-refractivity contribution < 1.29 is 19.8 Å². The second kappa shape index (κ2) is 5.14. The molecule has 2 N–H and O–H groups in total. The molecule has 0 atom stereocenters. The summed E-state index contributed by atoms with van der Waals surface area (Å²) >= 11 is 0. The molecule has 0 saturated heterocycles. The van der Waals surface area contributed by atoms with Gasteiger partial charge in [-0.3, -0.25) is 4.79 Å². The van der Waals surface area contributed by atoms with Crippen molar-refractivity contribution in [2.45, 2.75) is 26.4 Å². The number of carbonyl (C=O) groups excluding carboxylic acids is 1. The number of aliphatic carboxylic acids is 1. The van der Waals surface area contributed by atoms with E-state index < -0.39 is 17.4 Å². The Morgan fingerprint density at radius 3 is 2.39 bits per heavy atom. The average Bonchev–Trinajstić information content (AvgIpc) is 2.27. The second-order valence-electron chi connectivity index (χ2n) is 4.65. The minimum atomic E-state index is -1.44. The first-order valence-electron chi connectivity index (χ1n) is 5.50. The van der Waals surface area contributed by atoms with Crippen molar-refractivity contribution >= 4 is 17.8 Å². The Morgan fingerprint density at radius 1 is 1.28 bits per heavy atom. The lowest BCUT2D eigenvalue weighted by atomic mass is 9.95. The van der Waals surface area contributed by atoms with Crippen LogP contribution in [-0.2, 0) is 4.79 Å². The van der Waals surface area contributed by atoms with E-state index in [1.807, 2.05) is 0 Å². The van der Waals surface area contributed by atoms with Gasteiger partial charge in [0.25, 0.3) is 0 Å². The molecule has 4 nitrogen and oxygen atoms in total. The summed E-state index contributed by atoms with van der Waals surface area (Å²) < 4.78 is 0. The Bertz CT molecular complexity index is 507. The van der Waals surface area contributed by atoms with Gasteiger partial charge in [0.1, 0.15) is 5.60 Å². The number of Topliss-reactive ketones (excluding diaryl/α,β-unsaturated/α-hetero) is 1. The number of ketones is 1. The van der Waals surface area contributed by atoms with Crippen LogP contribution in [0.3, 0.4) is 0 Å². The van der Waals surface area contributed by atoms with Gasteiger partial charge in [0, 0.05) is 11.1 Å². The summed E-state index contributed by atoms with van der Waals surface area (Å²) in [4.78, 5) is 22.6. The van der Waals surface area contributed by atoms with Gasteiger partial charge >= 0.3 is 5.97 Å². The first-order chi connectivity index (χ1) is 8.21. The smallest absolute Gasteiger partial charge is 0.331 e. The predicted octanol–water partition coefficient (Wildman–Crippen LogP) is 2.13. The number of hydrogen-bond donors (Lipinski definition) is 2. The average molecular weight is 248 g/mol. The van der Waals surface area contributed by atoms with E-state index in [9.17, 15) is 14.7 Å². The molecule has 0 unspecified atom stereocenters. The molecule has 0 fully saturated rings. The summed E-state index contributed by atoms with van der Waals surface area (Å²) in [6.45, 7) is 4.31. The van der Waals surface area contributed by atoms with Gasteiger partial charge in [0.2, 0.25) is 0 Å². The van der Waals surface area contributed by atoms with Crippen LogP contribution in [0.4, 0.5) is 0 Å². The summed E-state index contributed by atoms with van der Waals surface area (Å²) in [6.07, 6.45) is 1.48. The van der Waals surface area contributed by atoms with Crippen LogP contribution in [0.1, 0.15) is 36.7 Å². The highest BCUT2D eigenvalue weighted by Crippen LogP contribution is 2.16. The van der Waals surface area contributed by atoms with Gasteiger partial charge in [-0.1, -0.05) is 18.2 Å². The SMILES string of the molecule is CC(=Cc1cccc(C(=O)C(C)(C)O)c1)C(=O)O. The molecular formula is C14H16O4. The highest BCUT2D eigenvalue weighted by Gasteiger charge is 2.25. The van der Waals surface area contributed by atoms with Crippen molar-refractivity contribution in [3.8, 4) is 0 Å². The van der Waals surface area contributed by atoms with Crippen LogP contribution in [0, 0.1) is 0 Å². The van der Waals surface area contributed by atoms with Crippen molar-refractivity contribution in [3.05, 3.63) is 41.0 Å². The fraction of sp³-hybridized carbons (Fsp3) is 0.286. The minimum absolute atomic E-state index is 0.183. The maximum absolute atomic E-state index is 11.9. The Hall–Kier alpha value is -1.94. The summed E-state index contributed by atoms with van der Waals surface area (Å²) in [5.41, 5.74) is -0.285. The van der Waals surface area contributed by atoms with E-state index >= 15 is 0 Å². The van der Waals surface area contributed by atoms with E-state index in [-0.39, 0.29) is 5.57 Å². The molecule has 4 heteroatoms. The monoisotopic (exact) mass is 248 g/mol. The topological polar surface area (TPSA) is 74.6 Å².